The maximum Gasteiger partial charge on any atom is 0.0123 e. The number of hydrogen-bond acceptors (Lipinski definition) is 2. The maximum atomic E-state index is 3.95. The summed E-state index contributed by atoms with van der Waals surface area (Å²) in [6.45, 7) is 7.86. The largest absolute Gasteiger partial charge is 0.329 e. The Morgan fingerprint density at radius 1 is 1.19 bits per heavy atom. The highest BCUT2D eigenvalue weighted by Gasteiger charge is 2.17. The van der Waals surface area contributed by atoms with Gasteiger partial charge in [0.15, 0.2) is 0 Å². The third-order valence-corrected chi connectivity index (χ3v) is 3.38. The Labute approximate surface area is 99.5 Å². The highest BCUT2D eigenvalue weighted by molar-refractivity contribution is 5.12. The number of nitrogens with one attached hydrogen (secondary N) is 2. The van der Waals surface area contributed by atoms with E-state index in [-0.39, 0.29) is 0 Å². The molecule has 0 aromatic rings. The quantitative estimate of drug-likeness (QED) is 0.562. The lowest BCUT2D eigenvalue weighted by atomic mass is 9.83. The average Bonchev–Trinajstić information content (AvgIpc) is 2.28. The van der Waals surface area contributed by atoms with E-state index in [0.29, 0.717) is 11.8 Å². The van der Waals surface area contributed by atoms with E-state index in [9.17, 15) is 0 Å². The molecule has 0 spiro atoms. The molecule has 1 aliphatic rings. The molecule has 1 aliphatic carbocycles. The summed E-state index contributed by atoms with van der Waals surface area (Å²) in [6.07, 6.45) is 12.4. The Bertz CT molecular complexity index is 255. The summed E-state index contributed by atoms with van der Waals surface area (Å²) < 4.78 is 0. The lowest BCUT2D eigenvalue weighted by Crippen LogP contribution is -2.23. The van der Waals surface area contributed by atoms with Gasteiger partial charge < -0.3 is 5.43 Å². The summed E-state index contributed by atoms with van der Waals surface area (Å²) >= 11 is 0. The summed E-state index contributed by atoms with van der Waals surface area (Å²) in [5, 5.41) is 0. The van der Waals surface area contributed by atoms with Crippen molar-refractivity contribution in [3.8, 4) is 0 Å². The van der Waals surface area contributed by atoms with Gasteiger partial charge >= 0.3 is 0 Å². The van der Waals surface area contributed by atoms with Gasteiger partial charge in [0.25, 0.3) is 0 Å². The molecule has 2 N–H and O–H groups in total. The highest BCUT2D eigenvalue weighted by Crippen LogP contribution is 2.30. The molecule has 0 radical (unpaired) electrons. The van der Waals surface area contributed by atoms with Gasteiger partial charge in [0.2, 0.25) is 0 Å². The Kier molecular flexibility index (Phi) is 5.94. The highest BCUT2D eigenvalue weighted by atomic mass is 15.3. The minimum Gasteiger partial charge on any atom is -0.329 e. The number of rotatable bonds is 4. The van der Waals surface area contributed by atoms with Crippen molar-refractivity contribution in [2.75, 3.05) is 7.05 Å². The first-order valence-corrected chi connectivity index (χ1v) is 6.18. The number of hydrogen-bond donors (Lipinski definition) is 2. The second kappa shape index (κ2) is 7.29. The van der Waals surface area contributed by atoms with Crippen molar-refractivity contribution in [3.63, 3.8) is 0 Å². The standard InChI is InChI=1S/C14H24N2/c1-4-12-7-6-8-14(11-16-15-3)13(5-2)10-9-12/h4-5,11-13,15-16H,1-2,6-10H2,3H3/b14-11-. The summed E-state index contributed by atoms with van der Waals surface area (Å²) in [5.41, 5.74) is 7.48. The van der Waals surface area contributed by atoms with E-state index < -0.39 is 0 Å². The van der Waals surface area contributed by atoms with Gasteiger partial charge in [0.1, 0.15) is 0 Å². The van der Waals surface area contributed by atoms with E-state index in [0.717, 1.165) is 6.42 Å². The smallest absolute Gasteiger partial charge is 0.0123 e. The van der Waals surface area contributed by atoms with Gasteiger partial charge in [-0.15, -0.1) is 13.2 Å². The van der Waals surface area contributed by atoms with Gasteiger partial charge in [-0.1, -0.05) is 12.2 Å². The van der Waals surface area contributed by atoms with Gasteiger partial charge in [-0.3, -0.25) is 0 Å². The van der Waals surface area contributed by atoms with Crippen LogP contribution in [0.3, 0.4) is 0 Å². The summed E-state index contributed by atoms with van der Waals surface area (Å²) in [6, 6.07) is 0. The van der Waals surface area contributed by atoms with Crippen LogP contribution in [0.4, 0.5) is 0 Å². The fraction of sp³-hybridized carbons (Fsp3) is 0.571. The van der Waals surface area contributed by atoms with Crippen LogP contribution < -0.4 is 10.9 Å². The van der Waals surface area contributed by atoms with Crippen molar-refractivity contribution in [2.45, 2.75) is 32.1 Å². The Morgan fingerprint density at radius 2 is 2.00 bits per heavy atom. The van der Waals surface area contributed by atoms with Crippen LogP contribution in [0.15, 0.2) is 37.1 Å². The van der Waals surface area contributed by atoms with E-state index in [2.05, 4.69) is 42.4 Å². The van der Waals surface area contributed by atoms with Crippen LogP contribution in [0.5, 0.6) is 0 Å². The van der Waals surface area contributed by atoms with Crippen molar-refractivity contribution < 1.29 is 0 Å². The molecule has 0 amide bonds. The van der Waals surface area contributed by atoms with Gasteiger partial charge in [0.05, 0.1) is 0 Å². The zero-order valence-corrected chi connectivity index (χ0v) is 10.3. The third-order valence-electron chi connectivity index (χ3n) is 3.38. The minimum atomic E-state index is 0.517. The molecular formula is C14H24N2. The molecular weight excluding hydrogens is 196 g/mol. The molecule has 2 atom stereocenters. The molecule has 0 aliphatic heterocycles. The van der Waals surface area contributed by atoms with Gasteiger partial charge in [-0.05, 0) is 49.5 Å². The lowest BCUT2D eigenvalue weighted by molar-refractivity contribution is 0.439. The van der Waals surface area contributed by atoms with Gasteiger partial charge in [0, 0.05) is 13.2 Å². The molecule has 0 heterocycles. The molecule has 1 fully saturated rings. The van der Waals surface area contributed by atoms with E-state index in [1.165, 1.54) is 31.3 Å². The first kappa shape index (κ1) is 13.0. The molecule has 90 valence electrons. The van der Waals surface area contributed by atoms with Crippen LogP contribution in [0.25, 0.3) is 0 Å². The van der Waals surface area contributed by atoms with Crippen LogP contribution >= 0.6 is 0 Å². The molecule has 2 heteroatoms. The minimum absolute atomic E-state index is 0.517. The summed E-state index contributed by atoms with van der Waals surface area (Å²) in [5.74, 6) is 1.21. The van der Waals surface area contributed by atoms with Crippen LogP contribution in [0.1, 0.15) is 32.1 Å². The summed E-state index contributed by atoms with van der Waals surface area (Å²) in [7, 11) is 1.89. The van der Waals surface area contributed by atoms with E-state index in [4.69, 9.17) is 0 Å². The summed E-state index contributed by atoms with van der Waals surface area (Å²) in [4.78, 5) is 0. The SMILES string of the molecule is C=CC1CCC/C(=C/NNC)C(C=C)CC1. The molecule has 2 unspecified atom stereocenters. The second-order valence-corrected chi connectivity index (χ2v) is 4.42. The Morgan fingerprint density at radius 3 is 2.62 bits per heavy atom. The molecule has 0 aromatic carbocycles. The van der Waals surface area contributed by atoms with E-state index >= 15 is 0 Å². The third kappa shape index (κ3) is 3.86. The zero-order chi connectivity index (χ0) is 11.8. The van der Waals surface area contributed by atoms with Crippen LogP contribution in [-0.4, -0.2) is 7.05 Å². The average molecular weight is 220 g/mol. The number of allylic oxidation sites excluding steroid dienone is 3. The van der Waals surface area contributed by atoms with Gasteiger partial charge in [-0.25, -0.2) is 5.43 Å². The first-order valence-electron chi connectivity index (χ1n) is 6.18. The normalized spacial score (nSPS) is 29.2. The molecule has 1 saturated carbocycles. The predicted molar refractivity (Wildman–Crippen MR) is 70.7 cm³/mol. The van der Waals surface area contributed by atoms with Crippen molar-refractivity contribution >= 4 is 0 Å². The second-order valence-electron chi connectivity index (χ2n) is 4.42. The van der Waals surface area contributed by atoms with Crippen molar-refractivity contribution in [2.24, 2.45) is 11.8 Å². The fourth-order valence-electron chi connectivity index (χ4n) is 2.33. The predicted octanol–water partition coefficient (Wildman–Crippen LogP) is 3.16. The van der Waals surface area contributed by atoms with Crippen molar-refractivity contribution in [3.05, 3.63) is 37.1 Å². The van der Waals surface area contributed by atoms with Crippen LogP contribution in [-0.2, 0) is 0 Å². The van der Waals surface area contributed by atoms with E-state index in [1.54, 1.807) is 0 Å². The lowest BCUT2D eigenvalue weighted by Gasteiger charge is -2.24. The monoisotopic (exact) mass is 220 g/mol. The van der Waals surface area contributed by atoms with Crippen molar-refractivity contribution in [1.82, 2.24) is 10.9 Å². The molecule has 16 heavy (non-hydrogen) atoms. The van der Waals surface area contributed by atoms with Crippen LogP contribution in [0.2, 0.25) is 0 Å². The molecule has 1 rings (SSSR count). The van der Waals surface area contributed by atoms with Crippen molar-refractivity contribution in [1.29, 1.82) is 0 Å². The molecule has 0 aromatic heterocycles. The Hall–Kier alpha value is -1.02. The topological polar surface area (TPSA) is 24.1 Å². The van der Waals surface area contributed by atoms with Crippen LogP contribution in [0, 0.1) is 11.8 Å². The maximum absolute atomic E-state index is 3.95. The van der Waals surface area contributed by atoms with Gasteiger partial charge in [-0.2, -0.15) is 0 Å². The molecule has 2 nitrogen and oxygen atoms in total. The molecule has 0 bridgehead atoms. The van der Waals surface area contributed by atoms with E-state index in [1.807, 2.05) is 7.05 Å². The fourth-order valence-corrected chi connectivity index (χ4v) is 2.33. The first-order chi connectivity index (χ1) is 7.81. The zero-order valence-electron chi connectivity index (χ0n) is 10.3. The Balaban J connectivity index is 2.63. The number of hydrazine groups is 1. The molecule has 0 saturated heterocycles.